The van der Waals surface area contributed by atoms with Gasteiger partial charge in [-0.2, -0.15) is 0 Å². The summed E-state index contributed by atoms with van der Waals surface area (Å²) >= 11 is 3.10. The Labute approximate surface area is 174 Å². The summed E-state index contributed by atoms with van der Waals surface area (Å²) in [4.78, 5) is 12.6. The molecular weight excluding hydrogens is 509 g/mol. The summed E-state index contributed by atoms with van der Waals surface area (Å²) in [6.45, 7) is 3.36. The van der Waals surface area contributed by atoms with E-state index >= 15 is 0 Å². The minimum absolute atomic E-state index is 0.0586. The lowest BCUT2D eigenvalue weighted by Gasteiger charge is -2.13. The SMILES string of the molecule is CCSc1c(-c2nc3ccnc(C)c3n2C(F)(F)F)nc2ccc(F)c(I)n12. The van der Waals surface area contributed by atoms with Crippen molar-refractivity contribution in [1.29, 1.82) is 0 Å². The van der Waals surface area contributed by atoms with Crippen molar-refractivity contribution < 1.29 is 17.6 Å². The van der Waals surface area contributed by atoms with Crippen LogP contribution < -0.4 is 0 Å². The minimum Gasteiger partial charge on any atom is -0.279 e. The second kappa shape index (κ2) is 6.87. The lowest BCUT2D eigenvalue weighted by atomic mass is 10.3. The number of alkyl halides is 3. The molecule has 0 unspecified atom stereocenters. The van der Waals surface area contributed by atoms with Gasteiger partial charge in [-0.15, -0.1) is 24.9 Å². The van der Waals surface area contributed by atoms with Gasteiger partial charge in [-0.25, -0.2) is 18.9 Å². The molecule has 0 aliphatic rings. The number of aromatic nitrogens is 5. The molecule has 0 saturated carbocycles. The maximum Gasteiger partial charge on any atom is 0.490 e. The third-order valence-electron chi connectivity index (χ3n) is 4.13. The Morgan fingerprint density at radius 3 is 2.61 bits per heavy atom. The van der Waals surface area contributed by atoms with Crippen LogP contribution in [-0.2, 0) is 6.30 Å². The highest BCUT2D eigenvalue weighted by Crippen LogP contribution is 2.39. The van der Waals surface area contributed by atoms with Crippen LogP contribution in [0.25, 0.3) is 28.2 Å². The van der Waals surface area contributed by atoms with Crippen LogP contribution in [-0.4, -0.2) is 29.7 Å². The number of hydrogen-bond donors (Lipinski definition) is 0. The highest BCUT2D eigenvalue weighted by molar-refractivity contribution is 14.1. The van der Waals surface area contributed by atoms with E-state index in [1.54, 1.807) is 0 Å². The first kappa shape index (κ1) is 19.4. The summed E-state index contributed by atoms with van der Waals surface area (Å²) in [5.74, 6) is -0.242. The Kier molecular flexibility index (Phi) is 4.76. The van der Waals surface area contributed by atoms with Crippen LogP contribution in [0, 0.1) is 16.4 Å². The molecule has 0 saturated heterocycles. The van der Waals surface area contributed by atoms with E-state index in [4.69, 9.17) is 0 Å². The number of hydrogen-bond acceptors (Lipinski definition) is 4. The number of rotatable bonds is 3. The second-order valence-corrected chi connectivity index (χ2v) is 8.14. The summed E-state index contributed by atoms with van der Waals surface area (Å²) in [5, 5.41) is 0.410. The molecule has 0 aliphatic carbocycles. The van der Waals surface area contributed by atoms with E-state index in [2.05, 4.69) is 15.0 Å². The van der Waals surface area contributed by atoms with Crippen molar-refractivity contribution >= 4 is 51.0 Å². The zero-order valence-electron chi connectivity index (χ0n) is 14.6. The van der Waals surface area contributed by atoms with Crippen molar-refractivity contribution in [2.45, 2.75) is 25.2 Å². The van der Waals surface area contributed by atoms with Crippen LogP contribution >= 0.6 is 34.4 Å². The van der Waals surface area contributed by atoms with Crippen LogP contribution in [0.15, 0.2) is 29.4 Å². The first-order valence-corrected chi connectivity index (χ1v) is 10.2. The van der Waals surface area contributed by atoms with E-state index < -0.39 is 12.1 Å². The topological polar surface area (TPSA) is 48.0 Å². The lowest BCUT2D eigenvalue weighted by molar-refractivity contribution is -0.199. The van der Waals surface area contributed by atoms with Gasteiger partial charge >= 0.3 is 6.30 Å². The van der Waals surface area contributed by atoms with Crippen molar-refractivity contribution in [2.24, 2.45) is 0 Å². The summed E-state index contributed by atoms with van der Waals surface area (Å²) in [5.41, 5.74) is 0.680. The summed E-state index contributed by atoms with van der Waals surface area (Å²) in [6, 6.07) is 4.11. The molecule has 0 aromatic carbocycles. The van der Waals surface area contributed by atoms with Crippen LogP contribution in [0.2, 0.25) is 0 Å². The molecule has 0 atom stereocenters. The van der Waals surface area contributed by atoms with Gasteiger partial charge in [0, 0.05) is 6.20 Å². The normalized spacial score (nSPS) is 12.4. The highest BCUT2D eigenvalue weighted by Gasteiger charge is 2.38. The van der Waals surface area contributed by atoms with Gasteiger partial charge in [0.2, 0.25) is 0 Å². The maximum atomic E-state index is 14.1. The quantitative estimate of drug-likeness (QED) is 0.157. The number of halogens is 5. The predicted molar refractivity (Wildman–Crippen MR) is 107 cm³/mol. The molecule has 4 aromatic rings. The molecule has 146 valence electrons. The van der Waals surface area contributed by atoms with Gasteiger partial charge in [-0.3, -0.25) is 9.38 Å². The molecule has 0 fully saturated rings. The second-order valence-electron chi connectivity index (χ2n) is 5.87. The molecule has 0 spiro atoms. The lowest BCUT2D eigenvalue weighted by Crippen LogP contribution is -2.18. The van der Waals surface area contributed by atoms with E-state index in [1.165, 1.54) is 47.5 Å². The Balaban J connectivity index is 2.14. The fourth-order valence-electron chi connectivity index (χ4n) is 3.05. The number of nitrogens with zero attached hydrogens (tertiary/aromatic N) is 5. The van der Waals surface area contributed by atoms with E-state index in [9.17, 15) is 17.6 Å². The van der Waals surface area contributed by atoms with Crippen molar-refractivity contribution in [1.82, 2.24) is 23.9 Å². The number of aryl methyl sites for hydroxylation is 1. The number of thioether (sulfide) groups is 1. The van der Waals surface area contributed by atoms with Gasteiger partial charge in [0.15, 0.2) is 11.6 Å². The number of pyridine rings is 2. The largest absolute Gasteiger partial charge is 0.490 e. The van der Waals surface area contributed by atoms with Gasteiger partial charge in [-0.05, 0) is 53.5 Å². The van der Waals surface area contributed by atoms with Crippen LogP contribution in [0.3, 0.4) is 0 Å². The zero-order valence-corrected chi connectivity index (χ0v) is 17.5. The van der Waals surface area contributed by atoms with Gasteiger partial charge in [-0.1, -0.05) is 6.92 Å². The van der Waals surface area contributed by atoms with Crippen LogP contribution in [0.1, 0.15) is 12.6 Å². The molecule has 4 aromatic heterocycles. The zero-order chi connectivity index (χ0) is 20.2. The fourth-order valence-corrected chi connectivity index (χ4v) is 4.74. The standard InChI is InChI=1S/C17H12F4IN5S/c1-3-28-16-12(25-11-5-4-9(18)14(22)26(11)16)15-24-10-6-7-23-8(2)13(10)27(15)17(19,20)21/h4-7H,3H2,1-2H3. The average molecular weight is 521 g/mol. The van der Waals surface area contributed by atoms with Crippen molar-refractivity contribution in [3.05, 3.63) is 39.6 Å². The van der Waals surface area contributed by atoms with Gasteiger partial charge in [0.25, 0.3) is 0 Å². The van der Waals surface area contributed by atoms with Gasteiger partial charge in [0.1, 0.15) is 20.1 Å². The first-order valence-electron chi connectivity index (χ1n) is 8.15. The molecule has 0 bridgehead atoms. The summed E-state index contributed by atoms with van der Waals surface area (Å²) in [6.07, 6.45) is -3.31. The molecule has 11 heteroatoms. The molecule has 5 nitrogen and oxygen atoms in total. The van der Waals surface area contributed by atoms with Crippen molar-refractivity contribution in [3.63, 3.8) is 0 Å². The fraction of sp³-hybridized carbons (Fsp3) is 0.235. The smallest absolute Gasteiger partial charge is 0.279 e. The highest BCUT2D eigenvalue weighted by atomic mass is 127. The Morgan fingerprint density at radius 2 is 1.93 bits per heavy atom. The summed E-state index contributed by atoms with van der Waals surface area (Å²) in [7, 11) is 0. The third kappa shape index (κ3) is 2.95. The average Bonchev–Trinajstić information content (AvgIpc) is 3.18. The molecule has 0 aliphatic heterocycles. The predicted octanol–water partition coefficient (Wildman–Crippen LogP) is 5.39. The molecule has 4 heterocycles. The molecule has 28 heavy (non-hydrogen) atoms. The first-order chi connectivity index (χ1) is 13.2. The Bertz CT molecular complexity index is 1210. The third-order valence-corrected chi connectivity index (χ3v) is 6.06. The molecule has 0 amide bonds. The van der Waals surface area contributed by atoms with Gasteiger partial charge in [0.05, 0.1) is 16.7 Å². The molecule has 4 rings (SSSR count). The summed E-state index contributed by atoms with van der Waals surface area (Å²) < 4.78 is 58.0. The van der Waals surface area contributed by atoms with Crippen molar-refractivity contribution in [2.75, 3.05) is 5.75 Å². The number of imidazole rings is 2. The molecular formula is C17H12F4IN5S. The van der Waals surface area contributed by atoms with E-state index in [1.807, 2.05) is 29.5 Å². The maximum absolute atomic E-state index is 14.1. The Hall–Kier alpha value is -1.89. The van der Waals surface area contributed by atoms with Crippen LogP contribution in [0.4, 0.5) is 17.6 Å². The van der Waals surface area contributed by atoms with Gasteiger partial charge < -0.3 is 0 Å². The minimum atomic E-state index is -4.72. The van der Waals surface area contributed by atoms with Crippen LogP contribution in [0.5, 0.6) is 0 Å². The van der Waals surface area contributed by atoms with Crippen molar-refractivity contribution in [3.8, 4) is 11.5 Å². The number of fused-ring (bicyclic) bond motifs is 2. The van der Waals surface area contributed by atoms with E-state index in [0.29, 0.717) is 16.4 Å². The monoisotopic (exact) mass is 521 g/mol. The van der Waals surface area contributed by atoms with E-state index in [0.717, 1.165) is 0 Å². The van der Waals surface area contributed by atoms with E-state index in [-0.39, 0.29) is 36.5 Å². The molecule has 0 N–H and O–H groups in total. The molecule has 0 radical (unpaired) electrons. The Morgan fingerprint density at radius 1 is 1.18 bits per heavy atom.